The third kappa shape index (κ3) is 6.17. The van der Waals surface area contributed by atoms with E-state index < -0.39 is 35.9 Å². The van der Waals surface area contributed by atoms with Crippen molar-refractivity contribution in [2.24, 2.45) is 4.99 Å². The molecule has 0 amide bonds. The van der Waals surface area contributed by atoms with Gasteiger partial charge in [0.25, 0.3) is 0 Å². The average molecular weight is 588 g/mol. The van der Waals surface area contributed by atoms with Crippen molar-refractivity contribution in [2.45, 2.75) is 31.9 Å². The van der Waals surface area contributed by atoms with Crippen LogP contribution in [-0.4, -0.2) is 39.2 Å². The van der Waals surface area contributed by atoms with Crippen molar-refractivity contribution in [3.63, 3.8) is 0 Å². The maximum atomic E-state index is 15.6. The van der Waals surface area contributed by atoms with Crippen LogP contribution in [0.1, 0.15) is 39.3 Å². The molecule has 0 N–H and O–H groups in total. The van der Waals surface area contributed by atoms with Gasteiger partial charge in [0.05, 0.1) is 28.5 Å². The molecule has 2 unspecified atom stereocenters. The van der Waals surface area contributed by atoms with Crippen LogP contribution in [-0.2, 0) is 21.6 Å². The van der Waals surface area contributed by atoms with Crippen molar-refractivity contribution in [3.8, 4) is 11.3 Å². The van der Waals surface area contributed by atoms with Crippen LogP contribution in [0.2, 0.25) is 0 Å². The van der Waals surface area contributed by atoms with Crippen molar-refractivity contribution >= 4 is 29.7 Å². The molecule has 0 fully saturated rings. The molecule has 5 rings (SSSR count). The van der Waals surface area contributed by atoms with Crippen LogP contribution in [0.25, 0.3) is 11.3 Å². The van der Waals surface area contributed by atoms with Crippen molar-refractivity contribution in [1.29, 1.82) is 0 Å². The van der Waals surface area contributed by atoms with Gasteiger partial charge < -0.3 is 9.47 Å². The third-order valence-electron chi connectivity index (χ3n) is 6.95. The highest BCUT2D eigenvalue weighted by Crippen LogP contribution is 2.44. The summed E-state index contributed by atoms with van der Waals surface area (Å²) in [5, 5.41) is 6.72. The predicted molar refractivity (Wildman–Crippen MR) is 156 cm³/mol. The summed E-state index contributed by atoms with van der Waals surface area (Å²) in [6.07, 6.45) is 2.81. The van der Waals surface area contributed by atoms with Gasteiger partial charge in [0.1, 0.15) is 29.9 Å². The van der Waals surface area contributed by atoms with E-state index in [1.165, 1.54) is 34.7 Å². The zero-order chi connectivity index (χ0) is 29.7. The molecule has 214 valence electrons. The number of aromatic nitrogens is 4. The second-order valence-electron chi connectivity index (χ2n) is 9.67. The Kier molecular flexibility index (Phi) is 8.60. The number of aliphatic imine (C=N–C) groups is 1. The molecule has 0 aliphatic rings. The van der Waals surface area contributed by atoms with E-state index >= 15 is 4.39 Å². The van der Waals surface area contributed by atoms with Gasteiger partial charge in [0.15, 0.2) is 6.79 Å². The van der Waals surface area contributed by atoms with E-state index in [2.05, 4.69) is 21.8 Å². The van der Waals surface area contributed by atoms with Gasteiger partial charge in [-0.3, -0.25) is 4.99 Å². The molecule has 11 heteroatoms. The summed E-state index contributed by atoms with van der Waals surface area (Å²) in [7, 11) is 0. The van der Waals surface area contributed by atoms with Gasteiger partial charge in [0.2, 0.25) is 0 Å². The highest BCUT2D eigenvalue weighted by atomic mass is 32.1. The molecule has 2 atom stereocenters. The van der Waals surface area contributed by atoms with Crippen LogP contribution in [0, 0.1) is 18.6 Å². The van der Waals surface area contributed by atoms with Crippen molar-refractivity contribution in [2.75, 3.05) is 6.79 Å². The molecule has 2 aromatic heterocycles. The number of nitrogens with zero attached hydrogens (tertiary/aromatic N) is 5. The number of thiazole rings is 1. The minimum Gasteiger partial charge on any atom is -0.435 e. The quantitative estimate of drug-likeness (QED) is 0.0954. The highest BCUT2D eigenvalue weighted by Gasteiger charge is 2.45. The lowest BCUT2D eigenvalue weighted by atomic mass is 9.81. The van der Waals surface area contributed by atoms with E-state index in [1.807, 2.05) is 49.6 Å². The Labute approximate surface area is 245 Å². The fourth-order valence-corrected chi connectivity index (χ4v) is 5.66. The van der Waals surface area contributed by atoms with Gasteiger partial charge in [0, 0.05) is 28.5 Å². The zero-order valence-electron chi connectivity index (χ0n) is 22.9. The number of ether oxygens (including phenoxy) is 2. The molecule has 5 aromatic rings. The number of hydrogen-bond donors (Lipinski definition) is 0. The molecule has 8 nitrogen and oxygen atoms in total. The van der Waals surface area contributed by atoms with Crippen LogP contribution in [0.4, 0.5) is 14.5 Å². The second-order valence-corrected chi connectivity index (χ2v) is 10.6. The topological polar surface area (TPSA) is 91.5 Å². The molecule has 0 spiro atoms. The monoisotopic (exact) mass is 587 g/mol. The molecule has 0 saturated carbocycles. The highest BCUT2D eigenvalue weighted by molar-refractivity contribution is 7.10. The van der Waals surface area contributed by atoms with E-state index in [-0.39, 0.29) is 12.1 Å². The van der Waals surface area contributed by atoms with Gasteiger partial charge in [-0.25, -0.2) is 28.2 Å². The molecule has 0 bridgehead atoms. The molecule has 42 heavy (non-hydrogen) atoms. The Morgan fingerprint density at radius 1 is 1.14 bits per heavy atom. The molecule has 2 heterocycles. The van der Waals surface area contributed by atoms with Gasteiger partial charge in [-0.05, 0) is 44.0 Å². The third-order valence-corrected chi connectivity index (χ3v) is 7.98. The first-order chi connectivity index (χ1) is 20.3. The van der Waals surface area contributed by atoms with E-state index in [0.29, 0.717) is 16.3 Å². The number of benzene rings is 3. The number of halogens is 2. The Morgan fingerprint density at radius 3 is 2.64 bits per heavy atom. The van der Waals surface area contributed by atoms with E-state index in [4.69, 9.17) is 14.5 Å². The molecule has 0 aliphatic heterocycles. The smallest absolute Gasteiger partial charge is 0.340 e. The van der Waals surface area contributed by atoms with Crippen LogP contribution >= 0.6 is 11.3 Å². The summed E-state index contributed by atoms with van der Waals surface area (Å²) in [6, 6.07) is 17.7. The fourth-order valence-electron chi connectivity index (χ4n) is 4.69. The summed E-state index contributed by atoms with van der Waals surface area (Å²) in [5.74, 6) is -2.78. The molecule has 0 radical (unpaired) electrons. The first-order valence-corrected chi connectivity index (χ1v) is 13.9. The number of esters is 1. The number of carbonyl (C=O) groups excluding carboxylic acids is 1. The average Bonchev–Trinajstić information content (AvgIpc) is 3.69. The van der Waals surface area contributed by atoms with Crippen LogP contribution in [0.5, 0.6) is 0 Å². The standard InChI is InChI=1S/C31H27F2N5O3S/c1-20-5-4-6-23(13-20)30(39)40-19-41-31(16-38-18-35-17-36-38,26-12-9-24(32)14-27(26)33)21(2)29-37-28(15-42-29)22-7-10-25(34-3)11-8-22/h4-15,17-18,21H,3,16,19H2,1-2H3. The summed E-state index contributed by atoms with van der Waals surface area (Å²) >= 11 is 1.37. The lowest BCUT2D eigenvalue weighted by molar-refractivity contribution is -0.148. The summed E-state index contributed by atoms with van der Waals surface area (Å²) < 4.78 is 43.0. The van der Waals surface area contributed by atoms with E-state index in [0.717, 1.165) is 28.9 Å². The van der Waals surface area contributed by atoms with Crippen molar-refractivity contribution < 1.29 is 23.0 Å². The Balaban J connectivity index is 1.53. The number of carbonyl (C=O) groups is 1. The first kappa shape index (κ1) is 28.9. The normalized spacial score (nSPS) is 13.3. The maximum Gasteiger partial charge on any atom is 0.340 e. The molecule has 3 aromatic carbocycles. The van der Waals surface area contributed by atoms with Gasteiger partial charge in [-0.15, -0.1) is 11.3 Å². The van der Waals surface area contributed by atoms with Crippen LogP contribution in [0.15, 0.2) is 89.8 Å². The van der Waals surface area contributed by atoms with Crippen LogP contribution in [0.3, 0.4) is 0 Å². The SMILES string of the molecule is C=Nc1ccc(-c2csc(C(C)C(Cn3cncn3)(OCOC(=O)c3cccc(C)c3)c3ccc(F)cc3F)n2)cc1. The molecule has 0 aliphatic carbocycles. The van der Waals surface area contributed by atoms with Crippen molar-refractivity contribution in [1.82, 2.24) is 19.7 Å². The molecular weight excluding hydrogens is 560 g/mol. The molecule has 0 saturated heterocycles. The Morgan fingerprint density at radius 2 is 1.95 bits per heavy atom. The van der Waals surface area contributed by atoms with E-state index in [1.54, 1.807) is 18.2 Å². The van der Waals surface area contributed by atoms with Gasteiger partial charge in [-0.1, -0.05) is 42.8 Å². The summed E-state index contributed by atoms with van der Waals surface area (Å²) in [4.78, 5) is 25.6. The number of hydrogen-bond acceptors (Lipinski definition) is 8. The lowest BCUT2D eigenvalue weighted by Crippen LogP contribution is -2.42. The fraction of sp³-hybridized carbons (Fsp3) is 0.194. The van der Waals surface area contributed by atoms with Gasteiger partial charge >= 0.3 is 5.97 Å². The Hall–Kier alpha value is -4.61. The lowest BCUT2D eigenvalue weighted by Gasteiger charge is -2.38. The Bertz CT molecular complexity index is 1690. The molecular formula is C31H27F2N5O3S. The van der Waals surface area contributed by atoms with Crippen molar-refractivity contribution in [3.05, 3.63) is 118 Å². The summed E-state index contributed by atoms with van der Waals surface area (Å²) in [5.41, 5.74) is 2.06. The van der Waals surface area contributed by atoms with Crippen LogP contribution < -0.4 is 0 Å². The largest absolute Gasteiger partial charge is 0.435 e. The predicted octanol–water partition coefficient (Wildman–Crippen LogP) is 6.85. The summed E-state index contributed by atoms with van der Waals surface area (Å²) in [6.45, 7) is 6.68. The number of rotatable bonds is 11. The maximum absolute atomic E-state index is 15.6. The number of aryl methyl sites for hydroxylation is 1. The van der Waals surface area contributed by atoms with Gasteiger partial charge in [-0.2, -0.15) is 5.10 Å². The zero-order valence-corrected chi connectivity index (χ0v) is 23.7. The minimum absolute atomic E-state index is 0.0344. The minimum atomic E-state index is -1.54. The second kappa shape index (κ2) is 12.5. The van der Waals surface area contributed by atoms with E-state index in [9.17, 15) is 9.18 Å². The first-order valence-electron chi connectivity index (χ1n) is 13.0.